The standard InChI is InChI=1S/C14H24N2O2S/c17-15-13(11-7-3-1-4-8-11)14(16-18-19)12-9-5-2-6-10-12/h11-12,17,19H,1-10H2/b15-13-,16-14-. The van der Waals surface area contributed by atoms with Gasteiger partial charge in [-0.1, -0.05) is 48.8 Å². The van der Waals surface area contributed by atoms with Gasteiger partial charge in [0.05, 0.1) is 12.9 Å². The van der Waals surface area contributed by atoms with Crippen LogP contribution in [0.3, 0.4) is 0 Å². The summed E-state index contributed by atoms with van der Waals surface area (Å²) >= 11 is 3.75. The first-order valence-corrected chi connectivity index (χ1v) is 7.84. The van der Waals surface area contributed by atoms with Gasteiger partial charge in [-0.3, -0.25) is 0 Å². The monoisotopic (exact) mass is 284 g/mol. The van der Waals surface area contributed by atoms with Crippen molar-refractivity contribution in [3.63, 3.8) is 0 Å². The van der Waals surface area contributed by atoms with E-state index in [1.807, 2.05) is 0 Å². The number of oxime groups is 2. The van der Waals surface area contributed by atoms with Crippen molar-refractivity contribution in [2.24, 2.45) is 22.1 Å². The lowest BCUT2D eigenvalue weighted by Crippen LogP contribution is -2.32. The Hall–Kier alpha value is -0.710. The van der Waals surface area contributed by atoms with E-state index in [9.17, 15) is 5.21 Å². The third kappa shape index (κ3) is 3.88. The van der Waals surface area contributed by atoms with Crippen molar-refractivity contribution in [2.75, 3.05) is 0 Å². The maximum atomic E-state index is 9.43. The molecule has 4 nitrogen and oxygen atoms in total. The SMILES string of the molecule is O/N=C(\C(=N/OS)C1CCCCC1)C1CCCCC1. The number of hydrogen-bond acceptors (Lipinski definition) is 5. The van der Waals surface area contributed by atoms with Crippen molar-refractivity contribution in [3.8, 4) is 0 Å². The lowest BCUT2D eigenvalue weighted by molar-refractivity contribution is 0.310. The third-order valence-electron chi connectivity index (χ3n) is 4.49. The van der Waals surface area contributed by atoms with Crippen LogP contribution in [0.1, 0.15) is 64.2 Å². The minimum absolute atomic E-state index is 0.336. The molecule has 2 aliphatic carbocycles. The smallest absolute Gasteiger partial charge is 0.109 e. The van der Waals surface area contributed by atoms with Gasteiger partial charge < -0.3 is 9.49 Å². The molecule has 5 heteroatoms. The lowest BCUT2D eigenvalue weighted by atomic mass is 9.78. The van der Waals surface area contributed by atoms with Gasteiger partial charge in [0.15, 0.2) is 0 Å². The van der Waals surface area contributed by atoms with Gasteiger partial charge in [-0.25, -0.2) is 0 Å². The van der Waals surface area contributed by atoms with Crippen LogP contribution in [0.5, 0.6) is 0 Å². The molecule has 2 saturated carbocycles. The molecule has 0 aromatic heterocycles. The molecule has 0 amide bonds. The van der Waals surface area contributed by atoms with Crippen LogP contribution in [-0.2, 0) is 4.28 Å². The summed E-state index contributed by atoms with van der Waals surface area (Å²) in [7, 11) is 0. The molecule has 19 heavy (non-hydrogen) atoms. The zero-order valence-corrected chi connectivity index (χ0v) is 12.3. The van der Waals surface area contributed by atoms with Gasteiger partial charge >= 0.3 is 0 Å². The van der Waals surface area contributed by atoms with E-state index in [-0.39, 0.29) is 0 Å². The molecule has 0 atom stereocenters. The molecule has 0 unspecified atom stereocenters. The average molecular weight is 284 g/mol. The van der Waals surface area contributed by atoms with Crippen LogP contribution in [0.2, 0.25) is 0 Å². The summed E-state index contributed by atoms with van der Waals surface area (Å²) < 4.78 is 4.72. The van der Waals surface area contributed by atoms with Crippen molar-refractivity contribution in [2.45, 2.75) is 64.2 Å². The highest BCUT2D eigenvalue weighted by Gasteiger charge is 2.30. The Balaban J connectivity index is 2.13. The summed E-state index contributed by atoms with van der Waals surface area (Å²) in [5.41, 5.74) is 1.59. The second-order valence-electron chi connectivity index (χ2n) is 5.71. The minimum atomic E-state index is 0.336. The third-order valence-corrected chi connectivity index (χ3v) is 4.57. The molecule has 0 radical (unpaired) electrons. The van der Waals surface area contributed by atoms with Crippen LogP contribution in [-0.4, -0.2) is 16.6 Å². The van der Waals surface area contributed by atoms with Gasteiger partial charge in [-0.2, -0.15) is 0 Å². The Kier molecular flexibility index (Phi) is 6.01. The van der Waals surface area contributed by atoms with E-state index < -0.39 is 0 Å². The molecule has 0 spiro atoms. The topological polar surface area (TPSA) is 54.2 Å². The Morgan fingerprint density at radius 3 is 1.74 bits per heavy atom. The number of rotatable bonds is 4. The van der Waals surface area contributed by atoms with E-state index >= 15 is 0 Å². The highest BCUT2D eigenvalue weighted by atomic mass is 32.1. The lowest BCUT2D eigenvalue weighted by Gasteiger charge is -2.28. The van der Waals surface area contributed by atoms with Crippen LogP contribution in [0.25, 0.3) is 0 Å². The summed E-state index contributed by atoms with van der Waals surface area (Å²) in [5, 5.41) is 17.1. The van der Waals surface area contributed by atoms with Gasteiger partial charge in [0.25, 0.3) is 0 Å². The van der Waals surface area contributed by atoms with Gasteiger partial charge in [0.1, 0.15) is 11.4 Å². The molecule has 0 heterocycles. The molecule has 0 aliphatic heterocycles. The van der Waals surface area contributed by atoms with Crippen molar-refractivity contribution in [1.29, 1.82) is 0 Å². The molecule has 2 rings (SSSR count). The summed E-state index contributed by atoms with van der Waals surface area (Å²) in [6.45, 7) is 0. The first kappa shape index (κ1) is 14.7. The predicted molar refractivity (Wildman–Crippen MR) is 79.9 cm³/mol. The van der Waals surface area contributed by atoms with E-state index in [0.29, 0.717) is 11.8 Å². The fourth-order valence-electron chi connectivity index (χ4n) is 3.47. The van der Waals surface area contributed by atoms with Crippen molar-refractivity contribution >= 4 is 24.3 Å². The van der Waals surface area contributed by atoms with E-state index in [2.05, 4.69) is 23.2 Å². The Bertz CT molecular complexity index is 332. The molecule has 2 aliphatic rings. The predicted octanol–water partition coefficient (Wildman–Crippen LogP) is 4.19. The first-order valence-electron chi connectivity index (χ1n) is 7.47. The quantitative estimate of drug-likeness (QED) is 0.267. The van der Waals surface area contributed by atoms with E-state index in [1.54, 1.807) is 0 Å². The maximum absolute atomic E-state index is 9.43. The fraction of sp³-hybridized carbons (Fsp3) is 0.857. The van der Waals surface area contributed by atoms with Crippen molar-refractivity contribution in [1.82, 2.24) is 0 Å². The number of nitrogens with zero attached hydrogens (tertiary/aromatic N) is 2. The van der Waals surface area contributed by atoms with E-state index in [1.165, 1.54) is 38.5 Å². The van der Waals surface area contributed by atoms with Gasteiger partial charge in [-0.05, 0) is 25.7 Å². The van der Waals surface area contributed by atoms with Crippen LogP contribution in [0.15, 0.2) is 10.3 Å². The number of thiol groups is 1. The average Bonchev–Trinajstić information content (AvgIpc) is 2.49. The van der Waals surface area contributed by atoms with Gasteiger partial charge in [-0.15, -0.1) is 0 Å². The second-order valence-corrected chi connectivity index (χ2v) is 5.88. The van der Waals surface area contributed by atoms with Crippen LogP contribution in [0.4, 0.5) is 0 Å². The van der Waals surface area contributed by atoms with Crippen LogP contribution >= 0.6 is 12.9 Å². The normalized spacial score (nSPS) is 24.5. The van der Waals surface area contributed by atoms with Gasteiger partial charge in [0.2, 0.25) is 0 Å². The molecule has 0 aromatic carbocycles. The first-order chi connectivity index (χ1) is 9.36. The molecule has 1 N–H and O–H groups in total. The summed E-state index contributed by atoms with van der Waals surface area (Å²) in [4.78, 5) is 0. The fourth-order valence-corrected chi connectivity index (χ4v) is 3.56. The molecule has 2 fully saturated rings. The Labute approximate surface area is 120 Å². The van der Waals surface area contributed by atoms with E-state index in [4.69, 9.17) is 4.28 Å². The summed E-state index contributed by atoms with van der Waals surface area (Å²) in [5.74, 6) is 0.705. The zero-order valence-electron chi connectivity index (χ0n) is 11.4. The van der Waals surface area contributed by atoms with Crippen molar-refractivity contribution in [3.05, 3.63) is 0 Å². The summed E-state index contributed by atoms with van der Waals surface area (Å²) in [6, 6.07) is 0. The molecule has 0 aromatic rings. The van der Waals surface area contributed by atoms with Crippen molar-refractivity contribution < 1.29 is 9.49 Å². The molecule has 0 bridgehead atoms. The Morgan fingerprint density at radius 2 is 1.32 bits per heavy atom. The second kappa shape index (κ2) is 7.78. The van der Waals surface area contributed by atoms with Crippen LogP contribution in [0, 0.1) is 11.8 Å². The highest BCUT2D eigenvalue weighted by molar-refractivity contribution is 7.75. The largest absolute Gasteiger partial charge is 0.411 e. The van der Waals surface area contributed by atoms with Gasteiger partial charge in [0, 0.05) is 11.8 Å². The minimum Gasteiger partial charge on any atom is -0.411 e. The Morgan fingerprint density at radius 1 is 0.842 bits per heavy atom. The van der Waals surface area contributed by atoms with E-state index in [0.717, 1.165) is 37.1 Å². The highest BCUT2D eigenvalue weighted by Crippen LogP contribution is 2.31. The maximum Gasteiger partial charge on any atom is 0.109 e. The molecule has 108 valence electrons. The molecule has 0 saturated heterocycles. The zero-order chi connectivity index (χ0) is 13.5. The number of hydrogen-bond donors (Lipinski definition) is 2. The molecular formula is C14H24N2O2S. The summed E-state index contributed by atoms with van der Waals surface area (Å²) in [6.07, 6.45) is 11.9. The molecular weight excluding hydrogens is 260 g/mol. The van der Waals surface area contributed by atoms with Crippen LogP contribution < -0.4 is 0 Å².